The number of nitrogens with zero attached hydrogens (tertiary/aromatic N) is 1. The molecule has 1 nitrogen and oxygen atoms in total. The smallest absolute Gasteiger partial charge is 0.0309 e. The van der Waals surface area contributed by atoms with Crippen LogP contribution >= 0.6 is 0 Å². The highest BCUT2D eigenvalue weighted by atomic mass is 15.3. The van der Waals surface area contributed by atoms with E-state index < -0.39 is 0 Å². The van der Waals surface area contributed by atoms with E-state index in [4.69, 9.17) is 0 Å². The van der Waals surface area contributed by atoms with E-state index in [0.717, 1.165) is 11.3 Å². The van der Waals surface area contributed by atoms with Gasteiger partial charge in [0.25, 0.3) is 0 Å². The fourth-order valence-corrected chi connectivity index (χ4v) is 4.49. The number of rotatable bonds is 2. The molecule has 0 amide bonds. The number of allylic oxidation sites excluding steroid dienone is 1. The molecule has 2 heterocycles. The quantitative estimate of drug-likeness (QED) is 0.645. The zero-order valence-electron chi connectivity index (χ0n) is 13.1. The van der Waals surface area contributed by atoms with Gasteiger partial charge in [-0.2, -0.15) is 0 Å². The third kappa shape index (κ3) is 1.95. The molecular formula is C17H31N. The molecule has 1 aliphatic carbocycles. The minimum Gasteiger partial charge on any atom is -0.293 e. The zero-order valence-corrected chi connectivity index (χ0v) is 13.1. The van der Waals surface area contributed by atoms with Gasteiger partial charge >= 0.3 is 0 Å². The van der Waals surface area contributed by atoms with Crippen molar-refractivity contribution in [2.75, 3.05) is 13.1 Å². The molecule has 0 unspecified atom stereocenters. The van der Waals surface area contributed by atoms with Crippen LogP contribution in [0, 0.1) is 11.3 Å². The van der Waals surface area contributed by atoms with Crippen molar-refractivity contribution in [3.05, 3.63) is 11.6 Å². The van der Waals surface area contributed by atoms with Gasteiger partial charge in [0.05, 0.1) is 0 Å². The number of hydrogen-bond donors (Lipinski definition) is 0. The normalized spacial score (nSPS) is 34.9. The van der Waals surface area contributed by atoms with Crippen molar-refractivity contribution in [2.45, 2.75) is 72.3 Å². The third-order valence-corrected chi connectivity index (χ3v) is 5.37. The van der Waals surface area contributed by atoms with Gasteiger partial charge in [-0.1, -0.05) is 39.3 Å². The molecule has 0 N–H and O–H groups in total. The summed E-state index contributed by atoms with van der Waals surface area (Å²) in [5.41, 5.74) is 3.01. The highest BCUT2D eigenvalue weighted by Gasteiger charge is 2.66. The Labute approximate surface area is 114 Å². The third-order valence-electron chi connectivity index (χ3n) is 5.37. The number of hydrogen-bond acceptors (Lipinski definition) is 1. The van der Waals surface area contributed by atoms with E-state index in [0.29, 0.717) is 5.54 Å². The Bertz CT molecular complexity index is 325. The Morgan fingerprint density at radius 2 is 1.89 bits per heavy atom. The molecule has 1 atom stereocenters. The monoisotopic (exact) mass is 249 g/mol. The predicted octanol–water partition coefficient (Wildman–Crippen LogP) is 4.63. The van der Waals surface area contributed by atoms with Crippen LogP contribution in [0.3, 0.4) is 0 Å². The Morgan fingerprint density at radius 3 is 2.39 bits per heavy atom. The summed E-state index contributed by atoms with van der Waals surface area (Å²) in [5.74, 6) is 0.842. The van der Waals surface area contributed by atoms with Crippen LogP contribution in [0.5, 0.6) is 0 Å². The Hall–Kier alpha value is -0.300. The first-order valence-corrected chi connectivity index (χ1v) is 8.01. The van der Waals surface area contributed by atoms with Gasteiger partial charge in [0, 0.05) is 12.1 Å². The summed E-state index contributed by atoms with van der Waals surface area (Å²) in [6.45, 7) is 13.7. The van der Waals surface area contributed by atoms with Crippen molar-refractivity contribution in [1.82, 2.24) is 4.90 Å². The van der Waals surface area contributed by atoms with Gasteiger partial charge in [0.2, 0.25) is 0 Å². The van der Waals surface area contributed by atoms with E-state index in [1.165, 1.54) is 45.2 Å². The molecule has 18 heavy (non-hydrogen) atoms. The SMILES string of the molecule is C/C=C1/CN2CCC3(CC3)[C@@]2(CC(C)C)C1.CC. The molecule has 1 spiro atoms. The summed E-state index contributed by atoms with van der Waals surface area (Å²) in [7, 11) is 0. The molecule has 0 aromatic carbocycles. The summed E-state index contributed by atoms with van der Waals surface area (Å²) in [6, 6.07) is 0. The van der Waals surface area contributed by atoms with Gasteiger partial charge in [-0.05, 0) is 56.9 Å². The zero-order chi connectivity index (χ0) is 13.4. The highest BCUT2D eigenvalue weighted by molar-refractivity contribution is 5.29. The lowest BCUT2D eigenvalue weighted by molar-refractivity contribution is 0.108. The minimum atomic E-state index is 0.572. The van der Waals surface area contributed by atoms with E-state index in [9.17, 15) is 0 Å². The summed E-state index contributed by atoms with van der Waals surface area (Å²) in [6.07, 6.45) is 9.67. The van der Waals surface area contributed by atoms with Crippen molar-refractivity contribution < 1.29 is 0 Å². The maximum absolute atomic E-state index is 2.83. The van der Waals surface area contributed by atoms with Gasteiger partial charge in [0.1, 0.15) is 0 Å². The van der Waals surface area contributed by atoms with Gasteiger partial charge in [0.15, 0.2) is 0 Å². The topological polar surface area (TPSA) is 3.24 Å². The molecular weight excluding hydrogens is 218 g/mol. The van der Waals surface area contributed by atoms with Crippen molar-refractivity contribution in [3.8, 4) is 0 Å². The first-order chi connectivity index (χ1) is 8.62. The Kier molecular flexibility index (Phi) is 3.92. The lowest BCUT2D eigenvalue weighted by atomic mass is 9.74. The van der Waals surface area contributed by atoms with Crippen LogP contribution in [0.15, 0.2) is 11.6 Å². The minimum absolute atomic E-state index is 0.572. The summed E-state index contributed by atoms with van der Waals surface area (Å²) < 4.78 is 0. The Morgan fingerprint density at radius 1 is 1.22 bits per heavy atom. The maximum Gasteiger partial charge on any atom is 0.0309 e. The Balaban J connectivity index is 0.000000574. The fraction of sp³-hybridized carbons (Fsp3) is 0.882. The molecule has 2 aliphatic heterocycles. The molecule has 3 fully saturated rings. The lowest BCUT2D eigenvalue weighted by Gasteiger charge is -2.39. The van der Waals surface area contributed by atoms with Gasteiger partial charge in [-0.3, -0.25) is 4.90 Å². The number of fused-ring (bicyclic) bond motifs is 2. The molecule has 0 aromatic rings. The van der Waals surface area contributed by atoms with Crippen LogP contribution in [0.25, 0.3) is 0 Å². The summed E-state index contributed by atoms with van der Waals surface area (Å²) >= 11 is 0. The average molecular weight is 249 g/mol. The second-order valence-corrected chi connectivity index (χ2v) is 6.71. The van der Waals surface area contributed by atoms with Crippen LogP contribution in [0.2, 0.25) is 0 Å². The highest BCUT2D eigenvalue weighted by Crippen LogP contribution is 2.68. The van der Waals surface area contributed by atoms with Crippen LogP contribution in [-0.4, -0.2) is 23.5 Å². The molecule has 1 saturated carbocycles. The van der Waals surface area contributed by atoms with E-state index in [1.54, 1.807) is 5.57 Å². The van der Waals surface area contributed by atoms with E-state index >= 15 is 0 Å². The second-order valence-electron chi connectivity index (χ2n) is 6.71. The molecule has 104 valence electrons. The van der Waals surface area contributed by atoms with Crippen LogP contribution in [0.1, 0.15) is 66.7 Å². The maximum atomic E-state index is 2.83. The van der Waals surface area contributed by atoms with Gasteiger partial charge in [-0.15, -0.1) is 0 Å². The van der Waals surface area contributed by atoms with Crippen LogP contribution < -0.4 is 0 Å². The molecule has 1 heteroatoms. The molecule has 3 aliphatic rings. The van der Waals surface area contributed by atoms with Crippen molar-refractivity contribution in [3.63, 3.8) is 0 Å². The van der Waals surface area contributed by atoms with Crippen molar-refractivity contribution in [2.24, 2.45) is 11.3 Å². The van der Waals surface area contributed by atoms with Crippen LogP contribution in [0.4, 0.5) is 0 Å². The van der Waals surface area contributed by atoms with Gasteiger partial charge < -0.3 is 0 Å². The fourth-order valence-electron chi connectivity index (χ4n) is 4.49. The lowest BCUT2D eigenvalue weighted by Crippen LogP contribution is -2.45. The molecule has 0 bridgehead atoms. The van der Waals surface area contributed by atoms with Crippen molar-refractivity contribution in [1.29, 1.82) is 0 Å². The molecule has 0 aromatic heterocycles. The predicted molar refractivity (Wildman–Crippen MR) is 79.8 cm³/mol. The summed E-state index contributed by atoms with van der Waals surface area (Å²) in [4.78, 5) is 2.83. The first-order valence-electron chi connectivity index (χ1n) is 8.01. The van der Waals surface area contributed by atoms with Crippen molar-refractivity contribution >= 4 is 0 Å². The molecule has 3 rings (SSSR count). The van der Waals surface area contributed by atoms with E-state index in [2.05, 4.69) is 31.7 Å². The standard InChI is InChI=1S/C15H25N.C2H6/c1-4-13-10-15(9-12(2)3)14(5-6-14)7-8-16(15)11-13;1-2/h4,12H,5-11H2,1-3H3;1-2H3/b13-4+;/t15-;/m1./s1. The second kappa shape index (κ2) is 5.00. The molecule has 0 radical (unpaired) electrons. The first kappa shape index (κ1) is 14.1. The van der Waals surface area contributed by atoms with Crippen LogP contribution in [-0.2, 0) is 0 Å². The van der Waals surface area contributed by atoms with E-state index in [1.807, 2.05) is 13.8 Å². The largest absolute Gasteiger partial charge is 0.293 e. The average Bonchev–Trinajstić information content (AvgIpc) is 3.00. The van der Waals surface area contributed by atoms with Gasteiger partial charge in [-0.25, -0.2) is 0 Å². The summed E-state index contributed by atoms with van der Waals surface area (Å²) in [5, 5.41) is 0. The molecule has 2 saturated heterocycles. The van der Waals surface area contributed by atoms with E-state index in [-0.39, 0.29) is 0 Å².